The average molecular weight is 265 g/mol. The van der Waals surface area contributed by atoms with Gasteiger partial charge in [0.1, 0.15) is 12.4 Å². The van der Waals surface area contributed by atoms with Crippen LogP contribution >= 0.6 is 11.6 Å². The van der Waals surface area contributed by atoms with Crippen LogP contribution in [0.25, 0.3) is 0 Å². The van der Waals surface area contributed by atoms with Gasteiger partial charge in [-0.05, 0) is 30.7 Å². The number of amides is 1. The summed E-state index contributed by atoms with van der Waals surface area (Å²) in [5.74, 6) is 0.213. The van der Waals surface area contributed by atoms with E-state index in [1.54, 1.807) is 30.5 Å². The first kappa shape index (κ1) is 12.4. The summed E-state index contributed by atoms with van der Waals surface area (Å²) in [6.07, 6.45) is 1.65. The van der Waals surface area contributed by atoms with Crippen LogP contribution in [0.5, 0.6) is 0 Å². The minimum Gasteiger partial charge on any atom is -0.382 e. The molecule has 0 aliphatic rings. The van der Waals surface area contributed by atoms with Gasteiger partial charge in [-0.3, -0.25) is 9.48 Å². The number of halogens is 1. The fourth-order valence-electron chi connectivity index (χ4n) is 1.55. The summed E-state index contributed by atoms with van der Waals surface area (Å²) in [7, 11) is 0. The molecule has 0 aliphatic carbocycles. The summed E-state index contributed by atoms with van der Waals surface area (Å²) in [5, 5.41) is 7.34. The van der Waals surface area contributed by atoms with E-state index in [0.717, 1.165) is 5.56 Å². The maximum atomic E-state index is 11.8. The molecule has 1 aromatic heterocycles. The van der Waals surface area contributed by atoms with Gasteiger partial charge in [-0.1, -0.05) is 17.7 Å². The molecule has 0 radical (unpaired) electrons. The highest BCUT2D eigenvalue weighted by molar-refractivity contribution is 6.31. The molecule has 94 valence electrons. The van der Waals surface area contributed by atoms with Gasteiger partial charge in [0, 0.05) is 16.9 Å². The fraction of sp³-hybridized carbons (Fsp3) is 0.167. The Kier molecular flexibility index (Phi) is 3.53. The number of anilines is 2. The van der Waals surface area contributed by atoms with Gasteiger partial charge in [0.25, 0.3) is 0 Å². The third kappa shape index (κ3) is 2.81. The molecule has 0 bridgehead atoms. The van der Waals surface area contributed by atoms with E-state index in [2.05, 4.69) is 10.4 Å². The smallest absolute Gasteiger partial charge is 0.246 e. The van der Waals surface area contributed by atoms with Gasteiger partial charge in [0.05, 0.1) is 0 Å². The van der Waals surface area contributed by atoms with E-state index in [0.29, 0.717) is 16.5 Å². The molecule has 2 rings (SSSR count). The zero-order valence-corrected chi connectivity index (χ0v) is 10.6. The molecule has 0 saturated heterocycles. The maximum Gasteiger partial charge on any atom is 0.246 e. The molecule has 0 aliphatic heterocycles. The molecule has 0 spiro atoms. The molecule has 1 heterocycles. The highest BCUT2D eigenvalue weighted by Crippen LogP contribution is 2.22. The van der Waals surface area contributed by atoms with E-state index in [1.165, 1.54) is 4.68 Å². The Morgan fingerprint density at radius 1 is 1.50 bits per heavy atom. The van der Waals surface area contributed by atoms with E-state index >= 15 is 0 Å². The van der Waals surface area contributed by atoms with Gasteiger partial charge < -0.3 is 11.1 Å². The predicted octanol–water partition coefficient (Wildman–Crippen LogP) is 2.07. The summed E-state index contributed by atoms with van der Waals surface area (Å²) in [6, 6.07) is 7.01. The van der Waals surface area contributed by atoms with Crippen LogP contribution in [0.1, 0.15) is 5.56 Å². The summed E-state index contributed by atoms with van der Waals surface area (Å²) in [4.78, 5) is 11.8. The number of benzene rings is 1. The van der Waals surface area contributed by atoms with Crippen molar-refractivity contribution in [1.29, 1.82) is 0 Å². The molecule has 0 unspecified atom stereocenters. The molecule has 5 nitrogen and oxygen atoms in total. The molecular weight excluding hydrogens is 252 g/mol. The number of hydrogen-bond donors (Lipinski definition) is 2. The molecule has 0 fully saturated rings. The molecule has 0 saturated carbocycles. The van der Waals surface area contributed by atoms with Crippen molar-refractivity contribution in [2.45, 2.75) is 13.5 Å². The summed E-state index contributed by atoms with van der Waals surface area (Å²) < 4.78 is 1.48. The number of nitrogen functional groups attached to an aromatic ring is 1. The Morgan fingerprint density at radius 2 is 2.28 bits per heavy atom. The first-order valence-corrected chi connectivity index (χ1v) is 5.78. The minimum atomic E-state index is -0.177. The summed E-state index contributed by atoms with van der Waals surface area (Å²) in [5.41, 5.74) is 7.01. The second-order valence-electron chi connectivity index (χ2n) is 3.90. The highest BCUT2D eigenvalue weighted by atomic mass is 35.5. The number of nitrogens with one attached hydrogen (secondary N) is 1. The standard InChI is InChI=1S/C12H13ClN4O/c1-8-9(13)3-2-4-10(8)15-12(18)7-17-6-5-11(14)16-17/h2-6H,7H2,1H3,(H2,14,16)(H,15,18). The molecule has 6 heteroatoms. The van der Waals surface area contributed by atoms with Crippen molar-refractivity contribution < 1.29 is 4.79 Å². The zero-order valence-electron chi connectivity index (χ0n) is 9.85. The van der Waals surface area contributed by atoms with Crippen molar-refractivity contribution in [1.82, 2.24) is 9.78 Å². The topological polar surface area (TPSA) is 72.9 Å². The second-order valence-corrected chi connectivity index (χ2v) is 4.31. The number of aromatic nitrogens is 2. The van der Waals surface area contributed by atoms with Crippen LogP contribution in [0.2, 0.25) is 5.02 Å². The lowest BCUT2D eigenvalue weighted by atomic mass is 10.2. The van der Waals surface area contributed by atoms with Crippen molar-refractivity contribution in [3.8, 4) is 0 Å². The van der Waals surface area contributed by atoms with Gasteiger partial charge in [-0.15, -0.1) is 0 Å². The number of carbonyl (C=O) groups excluding carboxylic acids is 1. The SMILES string of the molecule is Cc1c(Cl)cccc1NC(=O)Cn1ccc(N)n1. The third-order valence-electron chi connectivity index (χ3n) is 2.51. The Balaban J connectivity index is 2.05. The van der Waals surface area contributed by atoms with Crippen LogP contribution < -0.4 is 11.1 Å². The predicted molar refractivity (Wildman–Crippen MR) is 71.5 cm³/mol. The normalized spacial score (nSPS) is 10.3. The van der Waals surface area contributed by atoms with Crippen molar-refractivity contribution in [2.75, 3.05) is 11.1 Å². The van der Waals surface area contributed by atoms with Crippen molar-refractivity contribution >= 4 is 29.0 Å². The van der Waals surface area contributed by atoms with Gasteiger partial charge in [-0.25, -0.2) is 0 Å². The lowest BCUT2D eigenvalue weighted by Gasteiger charge is -2.09. The van der Waals surface area contributed by atoms with E-state index in [1.807, 2.05) is 6.92 Å². The Morgan fingerprint density at radius 3 is 2.94 bits per heavy atom. The molecule has 1 aromatic carbocycles. The van der Waals surface area contributed by atoms with Gasteiger partial charge in [0.2, 0.25) is 5.91 Å². The average Bonchev–Trinajstić information content (AvgIpc) is 2.70. The van der Waals surface area contributed by atoms with E-state index < -0.39 is 0 Å². The highest BCUT2D eigenvalue weighted by Gasteiger charge is 2.07. The number of rotatable bonds is 3. The molecule has 18 heavy (non-hydrogen) atoms. The lowest BCUT2D eigenvalue weighted by molar-refractivity contribution is -0.116. The largest absolute Gasteiger partial charge is 0.382 e. The van der Waals surface area contributed by atoms with Gasteiger partial charge >= 0.3 is 0 Å². The molecular formula is C12H13ClN4O. The fourth-order valence-corrected chi connectivity index (χ4v) is 1.72. The van der Waals surface area contributed by atoms with Gasteiger partial charge in [0.15, 0.2) is 0 Å². The minimum absolute atomic E-state index is 0.114. The third-order valence-corrected chi connectivity index (χ3v) is 2.92. The number of hydrogen-bond acceptors (Lipinski definition) is 3. The first-order chi connectivity index (χ1) is 8.56. The Labute approximate surface area is 110 Å². The molecule has 1 amide bonds. The molecule has 0 atom stereocenters. The monoisotopic (exact) mass is 264 g/mol. The number of carbonyl (C=O) groups is 1. The van der Waals surface area contributed by atoms with E-state index in [4.69, 9.17) is 17.3 Å². The van der Waals surface area contributed by atoms with Crippen LogP contribution in [0.3, 0.4) is 0 Å². The van der Waals surface area contributed by atoms with E-state index in [9.17, 15) is 4.79 Å². The lowest BCUT2D eigenvalue weighted by Crippen LogP contribution is -2.19. The van der Waals surface area contributed by atoms with Crippen molar-refractivity contribution in [2.24, 2.45) is 0 Å². The first-order valence-electron chi connectivity index (χ1n) is 5.40. The number of nitrogens with two attached hydrogens (primary N) is 1. The van der Waals surface area contributed by atoms with Crippen LogP contribution in [-0.2, 0) is 11.3 Å². The summed E-state index contributed by atoms with van der Waals surface area (Å²) >= 11 is 5.98. The maximum absolute atomic E-state index is 11.8. The van der Waals surface area contributed by atoms with Gasteiger partial charge in [-0.2, -0.15) is 5.10 Å². The van der Waals surface area contributed by atoms with Crippen molar-refractivity contribution in [3.63, 3.8) is 0 Å². The summed E-state index contributed by atoms with van der Waals surface area (Å²) in [6.45, 7) is 1.97. The Bertz CT molecular complexity index is 579. The molecule has 3 N–H and O–H groups in total. The quantitative estimate of drug-likeness (QED) is 0.891. The van der Waals surface area contributed by atoms with Crippen LogP contribution in [0.15, 0.2) is 30.5 Å². The van der Waals surface area contributed by atoms with Crippen LogP contribution in [-0.4, -0.2) is 15.7 Å². The van der Waals surface area contributed by atoms with E-state index in [-0.39, 0.29) is 12.5 Å². The zero-order chi connectivity index (χ0) is 13.1. The second kappa shape index (κ2) is 5.10. The van der Waals surface area contributed by atoms with Crippen LogP contribution in [0, 0.1) is 6.92 Å². The molecule has 2 aromatic rings. The number of nitrogens with zero attached hydrogens (tertiary/aromatic N) is 2. The van der Waals surface area contributed by atoms with Crippen molar-refractivity contribution in [3.05, 3.63) is 41.0 Å². The Hall–Kier alpha value is -2.01. The van der Waals surface area contributed by atoms with Crippen LogP contribution in [0.4, 0.5) is 11.5 Å².